The van der Waals surface area contributed by atoms with Gasteiger partial charge in [0.1, 0.15) is 20.4 Å². The topological polar surface area (TPSA) is 51.2 Å². The Morgan fingerprint density at radius 2 is 0.333 bits per heavy atom. The first-order valence-electron chi connectivity index (χ1n) is 0.866. The lowest BCUT2D eigenvalue weighted by Crippen LogP contribution is -0.925. The molecule has 0 unspecified atom stereocenters. The van der Waals surface area contributed by atoms with E-state index in [-0.39, 0.29) is 44.6 Å². The molecule has 84 valence electrons. The molecule has 0 aromatic rings. The Morgan fingerprint density at radius 1 is 0.333 bits per heavy atom. The van der Waals surface area contributed by atoms with Gasteiger partial charge in [0.25, 0.3) is 0 Å². The summed E-state index contributed by atoms with van der Waals surface area (Å²) in [4.78, 5) is 24.0. The van der Waals surface area contributed by atoms with Crippen molar-refractivity contribution in [1.82, 2.24) is 0 Å². The van der Waals surface area contributed by atoms with Crippen molar-refractivity contribution in [2.24, 2.45) is 0 Å². The van der Waals surface area contributed by atoms with Gasteiger partial charge in [-0.3, -0.25) is 0 Å². The third-order valence-corrected chi connectivity index (χ3v) is 0. The van der Waals surface area contributed by atoms with Gasteiger partial charge in [-0.2, -0.15) is 0 Å². The molecule has 0 aliphatic heterocycles. The predicted molar refractivity (Wildman–Crippen MR) is 61.7 cm³/mol. The summed E-state index contributed by atoms with van der Waals surface area (Å²) in [5.41, 5.74) is 0. The van der Waals surface area contributed by atoms with E-state index in [1.807, 2.05) is 20.4 Å². The first-order valence-corrected chi connectivity index (χ1v) is 0.866. The Kier molecular flexibility index (Phi) is 18900. The Hall–Kier alpha value is -0.990. The van der Waals surface area contributed by atoms with Gasteiger partial charge in [0.2, 0.25) is 0 Å². The number of hydrogen-bond acceptors (Lipinski definition) is 3. The van der Waals surface area contributed by atoms with Crippen molar-refractivity contribution < 1.29 is 14.4 Å². The number of hydrogen-bond donors (Lipinski definition) is 0. The van der Waals surface area contributed by atoms with E-state index in [0.717, 1.165) is 0 Å². The van der Waals surface area contributed by atoms with Crippen molar-refractivity contribution in [2.75, 3.05) is 0 Å². The minimum Gasteiger partial charge on any atom is -0.307 e. The first-order chi connectivity index (χ1) is 3.00. The summed E-state index contributed by atoms with van der Waals surface area (Å²) in [6, 6.07) is 0. The number of carbonyl (C=O) groups is 3. The molecular weight excluding hydrogens is 156 g/mol. The fraction of sp³-hybridized carbons (Fsp3) is 0.667. The molecule has 0 heterocycles. The summed E-state index contributed by atoms with van der Waals surface area (Å²) in [6.07, 6.45) is 0. The van der Waals surface area contributed by atoms with Crippen LogP contribution in [-0.4, -0.2) is 20.4 Å². The predicted octanol–water partition coefficient (Wildman–Crippen LogP) is 3.26. The molecule has 0 rings (SSSR count). The van der Waals surface area contributed by atoms with E-state index in [1.54, 1.807) is 0 Å². The number of rotatable bonds is 0. The highest BCUT2D eigenvalue weighted by Gasteiger charge is 0.640. The van der Waals surface area contributed by atoms with Gasteiger partial charge < -0.3 is 14.4 Å². The Bertz CT molecular complexity index is 14.5. The molecule has 12 heavy (non-hydrogen) atoms. The second kappa shape index (κ2) is 829. The molecule has 0 aromatic carbocycles. The van der Waals surface area contributed by atoms with Crippen LogP contribution in [0.25, 0.3) is 0 Å². The van der Waals surface area contributed by atoms with E-state index in [2.05, 4.69) is 0 Å². The van der Waals surface area contributed by atoms with Crippen LogP contribution in [0.5, 0.6) is 0 Å². The molecule has 0 N–H and O–H groups in total. The molecule has 3 heteroatoms. The van der Waals surface area contributed by atoms with E-state index >= 15 is 0 Å². The van der Waals surface area contributed by atoms with E-state index in [1.165, 1.54) is 0 Å². The zero-order valence-corrected chi connectivity index (χ0v) is 3.35. The maximum Gasteiger partial charge on any atom is 0.106 e. The molecule has 0 saturated heterocycles. The second-order valence-corrected chi connectivity index (χ2v) is 0. The van der Waals surface area contributed by atoms with Gasteiger partial charge >= 0.3 is 0 Å². The summed E-state index contributed by atoms with van der Waals surface area (Å²) in [5.74, 6) is 0. The molecule has 0 atom stereocenters. The summed E-state index contributed by atoms with van der Waals surface area (Å²) < 4.78 is 0. The molecule has 0 aliphatic rings. The van der Waals surface area contributed by atoms with Crippen LogP contribution in [0.2, 0.25) is 0 Å². The SMILES string of the molecule is C.C.C.C.C.C.C=O.C=O.C=O. The fourth-order valence-corrected chi connectivity index (χ4v) is 0. The van der Waals surface area contributed by atoms with Crippen LogP contribution >= 0.6 is 0 Å². The molecule has 0 spiro atoms. The summed E-state index contributed by atoms with van der Waals surface area (Å²) in [7, 11) is 0. The molecule has 3 nitrogen and oxygen atoms in total. The Morgan fingerprint density at radius 3 is 0.333 bits per heavy atom. The molecule has 0 saturated carbocycles. The zero-order valence-electron chi connectivity index (χ0n) is 3.35. The maximum absolute atomic E-state index is 8.00. The van der Waals surface area contributed by atoms with Crippen molar-refractivity contribution in [3.8, 4) is 0 Å². The third-order valence-electron chi connectivity index (χ3n) is 0. The van der Waals surface area contributed by atoms with E-state index in [4.69, 9.17) is 14.4 Å². The Labute approximate surface area is 80.2 Å². The number of carbonyl (C=O) groups excluding carboxylic acids is 3. The highest BCUT2D eigenvalue weighted by atomic mass is 16.1. The maximum atomic E-state index is 8.00. The minimum absolute atomic E-state index is 0. The second-order valence-electron chi connectivity index (χ2n) is 0. The normalized spacial score (nSPS) is 1.00. The zero-order chi connectivity index (χ0) is 6.00. The first kappa shape index (κ1) is 273. The van der Waals surface area contributed by atoms with Crippen molar-refractivity contribution >= 4 is 20.4 Å². The highest BCUT2D eigenvalue weighted by Crippen LogP contribution is 0.499. The van der Waals surface area contributed by atoms with Crippen LogP contribution < -0.4 is 0 Å². The molecule has 0 amide bonds. The van der Waals surface area contributed by atoms with Crippen LogP contribution in [-0.2, 0) is 14.4 Å². The monoisotopic (exact) mass is 186 g/mol. The summed E-state index contributed by atoms with van der Waals surface area (Å²) >= 11 is 0. The highest BCUT2D eigenvalue weighted by molar-refractivity contribution is 5.11. The van der Waals surface area contributed by atoms with Crippen LogP contribution in [0.15, 0.2) is 0 Å². The molecule has 0 aromatic heterocycles. The average Bonchev–Trinajstić information content (AvgIpc) is 1.81. The van der Waals surface area contributed by atoms with Gasteiger partial charge in [0, 0.05) is 0 Å². The van der Waals surface area contributed by atoms with Crippen molar-refractivity contribution in [2.45, 2.75) is 44.6 Å². The van der Waals surface area contributed by atoms with Gasteiger partial charge in [0.05, 0.1) is 0 Å². The minimum atomic E-state index is 0. The molecule has 0 radical (unpaired) electrons. The van der Waals surface area contributed by atoms with E-state index in [0.29, 0.717) is 0 Å². The molecule has 0 aliphatic carbocycles. The van der Waals surface area contributed by atoms with Gasteiger partial charge in [-0.05, 0) is 0 Å². The molecule has 0 bridgehead atoms. The van der Waals surface area contributed by atoms with E-state index < -0.39 is 0 Å². The van der Waals surface area contributed by atoms with Crippen LogP contribution in [0.4, 0.5) is 0 Å². The van der Waals surface area contributed by atoms with Crippen LogP contribution in [0.1, 0.15) is 44.6 Å². The van der Waals surface area contributed by atoms with Crippen LogP contribution in [0.3, 0.4) is 0 Å². The van der Waals surface area contributed by atoms with Gasteiger partial charge in [-0.1, -0.05) is 44.6 Å². The third kappa shape index (κ3) is 590. The largest absolute Gasteiger partial charge is 0.307 e. The quantitative estimate of drug-likeness (QED) is 0.583. The lowest BCUT2D eigenvalue weighted by molar-refractivity contribution is -0.0987. The smallest absolute Gasteiger partial charge is 0.106 e. The van der Waals surface area contributed by atoms with E-state index in [9.17, 15) is 0 Å². The van der Waals surface area contributed by atoms with Crippen molar-refractivity contribution in [3.63, 3.8) is 0 Å². The molecular formula is C9H30O3. The lowest BCUT2D eigenvalue weighted by Gasteiger charge is -0.837. The average molecular weight is 186 g/mol. The van der Waals surface area contributed by atoms with Gasteiger partial charge in [0.15, 0.2) is 0 Å². The summed E-state index contributed by atoms with van der Waals surface area (Å²) in [5, 5.41) is 0. The van der Waals surface area contributed by atoms with Crippen LogP contribution in [0, 0.1) is 0 Å². The van der Waals surface area contributed by atoms with Crippen molar-refractivity contribution in [1.29, 1.82) is 0 Å². The standard InChI is InChI=1S/3CH2O.6CH4/c3*1-2;;;;;;/h3*1H2;6*1H4. The fourth-order valence-electron chi connectivity index (χ4n) is 0. The summed E-state index contributed by atoms with van der Waals surface area (Å²) in [6.45, 7) is 6.00. The van der Waals surface area contributed by atoms with Gasteiger partial charge in [-0.15, -0.1) is 0 Å². The molecule has 0 fully saturated rings. The van der Waals surface area contributed by atoms with Crippen molar-refractivity contribution in [3.05, 3.63) is 0 Å². The lowest BCUT2D eigenvalue weighted by atomic mass is 11.9. The Balaban J connectivity index is -0.00000000129. The van der Waals surface area contributed by atoms with Gasteiger partial charge in [-0.25, -0.2) is 0 Å².